The second kappa shape index (κ2) is 14.8. The van der Waals surface area contributed by atoms with Gasteiger partial charge >= 0.3 is 6.09 Å². The second-order valence-electron chi connectivity index (χ2n) is 13.5. The van der Waals surface area contributed by atoms with Gasteiger partial charge in [-0.25, -0.2) is 4.79 Å². The number of carbonyl (C=O) groups is 2. The third-order valence-corrected chi connectivity index (χ3v) is 10.5. The predicted molar refractivity (Wildman–Crippen MR) is 179 cm³/mol. The van der Waals surface area contributed by atoms with E-state index in [1.807, 2.05) is 31.0 Å². The molecule has 0 aromatic heterocycles. The van der Waals surface area contributed by atoms with Gasteiger partial charge < -0.3 is 9.64 Å². The highest BCUT2D eigenvalue weighted by Crippen LogP contribution is 2.42. The number of nitrogens with zero attached hydrogens (tertiary/aromatic N) is 1. The standard InChI is InChI=1S/C39H48ClNO3/c1-5-7-28-13-16-33(26(2)20-28)22-29-8-6-9-32(15-12-29)38(42)24-31-14-19-37(41(4)39(43)44-25-30-10-11-30)36(23-31)35-18-17-34(40)21-27(35)3/h8,13,16-18,20-21,24,27,30,32,35-37H,6,9-12,14-15,19,22-23,25H2,1-4H3. The molecule has 0 bridgehead atoms. The first-order valence-corrected chi connectivity index (χ1v) is 17.0. The van der Waals surface area contributed by atoms with E-state index >= 15 is 0 Å². The van der Waals surface area contributed by atoms with E-state index in [-0.39, 0.29) is 41.6 Å². The number of ether oxygens (including phenoxy) is 1. The monoisotopic (exact) mass is 613 g/mol. The summed E-state index contributed by atoms with van der Waals surface area (Å²) in [6.07, 6.45) is 19.9. The molecule has 1 aromatic carbocycles. The molecule has 2 fully saturated rings. The second-order valence-corrected chi connectivity index (χ2v) is 14.0. The number of benzene rings is 1. The van der Waals surface area contributed by atoms with Gasteiger partial charge in [0.2, 0.25) is 0 Å². The Morgan fingerprint density at radius 3 is 2.68 bits per heavy atom. The summed E-state index contributed by atoms with van der Waals surface area (Å²) in [6, 6.07) is 6.55. The highest BCUT2D eigenvalue weighted by atomic mass is 35.5. The Bertz CT molecular complexity index is 1420. The molecule has 5 atom stereocenters. The molecular weight excluding hydrogens is 566 g/mol. The lowest BCUT2D eigenvalue weighted by molar-refractivity contribution is -0.118. The van der Waals surface area contributed by atoms with Gasteiger partial charge in [0.1, 0.15) is 0 Å². The topological polar surface area (TPSA) is 46.6 Å². The van der Waals surface area contributed by atoms with Crippen LogP contribution in [0.3, 0.4) is 0 Å². The van der Waals surface area contributed by atoms with E-state index in [9.17, 15) is 9.59 Å². The van der Waals surface area contributed by atoms with Gasteiger partial charge in [-0.15, -0.1) is 5.92 Å². The SMILES string of the molecule is CC#Cc1ccc(CC2=CCCC(C(=O)C=C3CCC(N(C)C(=O)OCC4CC4)C(C4C=CC(Cl)=CC4C)C3)CC2)c(C)c1. The summed E-state index contributed by atoms with van der Waals surface area (Å²) in [6.45, 7) is 6.76. The van der Waals surface area contributed by atoms with Crippen LogP contribution >= 0.6 is 11.6 Å². The van der Waals surface area contributed by atoms with Gasteiger partial charge in [-0.2, -0.15) is 0 Å². The van der Waals surface area contributed by atoms with Crippen LogP contribution in [0, 0.1) is 48.4 Å². The first-order chi connectivity index (χ1) is 21.2. The number of carbonyl (C=O) groups excluding carboxylic acids is 2. The molecule has 0 aliphatic heterocycles. The molecule has 1 aromatic rings. The molecule has 44 heavy (non-hydrogen) atoms. The molecule has 4 nitrogen and oxygen atoms in total. The van der Waals surface area contributed by atoms with Crippen molar-refractivity contribution in [3.05, 3.63) is 81.4 Å². The zero-order chi connectivity index (χ0) is 31.2. The Balaban J connectivity index is 1.23. The Hall–Kier alpha value is -3.03. The lowest BCUT2D eigenvalue weighted by atomic mass is 9.68. The molecule has 0 saturated heterocycles. The number of amides is 1. The molecule has 2 saturated carbocycles. The van der Waals surface area contributed by atoms with E-state index in [2.05, 4.69) is 62.1 Å². The summed E-state index contributed by atoms with van der Waals surface area (Å²) in [5.41, 5.74) is 6.34. The summed E-state index contributed by atoms with van der Waals surface area (Å²) in [5, 5.41) is 0.767. The van der Waals surface area contributed by atoms with Crippen LogP contribution < -0.4 is 0 Å². The Morgan fingerprint density at radius 1 is 1.14 bits per heavy atom. The van der Waals surface area contributed by atoms with Crippen molar-refractivity contribution in [1.82, 2.24) is 4.90 Å². The fourth-order valence-corrected chi connectivity index (χ4v) is 7.62. The van der Waals surface area contributed by atoms with Crippen molar-refractivity contribution in [2.45, 2.75) is 91.0 Å². The number of rotatable bonds is 8. The molecule has 234 valence electrons. The number of aryl methyl sites for hydroxylation is 1. The predicted octanol–water partition coefficient (Wildman–Crippen LogP) is 9.11. The maximum atomic E-state index is 13.7. The van der Waals surface area contributed by atoms with E-state index in [0.29, 0.717) is 12.5 Å². The van der Waals surface area contributed by atoms with Gasteiger partial charge in [-0.05, 0) is 137 Å². The van der Waals surface area contributed by atoms with Crippen molar-refractivity contribution in [2.75, 3.05) is 13.7 Å². The van der Waals surface area contributed by atoms with E-state index < -0.39 is 0 Å². The molecule has 0 heterocycles. The third kappa shape index (κ3) is 8.36. The van der Waals surface area contributed by atoms with Crippen LogP contribution in [0.4, 0.5) is 4.79 Å². The van der Waals surface area contributed by atoms with Crippen LogP contribution in [0.1, 0.15) is 88.3 Å². The molecule has 4 aliphatic rings. The number of halogens is 1. The smallest absolute Gasteiger partial charge is 0.409 e. The quantitative estimate of drug-likeness (QED) is 0.167. The average Bonchev–Trinajstić information content (AvgIpc) is 3.85. The van der Waals surface area contributed by atoms with Crippen molar-refractivity contribution < 1.29 is 14.3 Å². The lowest BCUT2D eigenvalue weighted by Gasteiger charge is -2.43. The molecule has 5 unspecified atom stereocenters. The highest BCUT2D eigenvalue weighted by Gasteiger charge is 2.40. The zero-order valence-electron chi connectivity index (χ0n) is 26.9. The molecular formula is C39H48ClNO3. The summed E-state index contributed by atoms with van der Waals surface area (Å²) < 4.78 is 5.67. The third-order valence-electron chi connectivity index (χ3n) is 10.2. The largest absolute Gasteiger partial charge is 0.449 e. The summed E-state index contributed by atoms with van der Waals surface area (Å²) in [7, 11) is 1.89. The van der Waals surface area contributed by atoms with Gasteiger partial charge in [0.25, 0.3) is 0 Å². The van der Waals surface area contributed by atoms with Gasteiger partial charge in [0.15, 0.2) is 5.78 Å². The van der Waals surface area contributed by atoms with Crippen LogP contribution in [-0.2, 0) is 16.0 Å². The Labute approximate surface area is 269 Å². The van der Waals surface area contributed by atoms with Crippen molar-refractivity contribution >= 4 is 23.5 Å². The van der Waals surface area contributed by atoms with Crippen molar-refractivity contribution in [3.8, 4) is 11.8 Å². The van der Waals surface area contributed by atoms with E-state index in [0.717, 1.165) is 74.8 Å². The van der Waals surface area contributed by atoms with Crippen LogP contribution in [0.15, 0.2) is 64.8 Å². The van der Waals surface area contributed by atoms with Crippen molar-refractivity contribution in [1.29, 1.82) is 0 Å². The molecule has 0 radical (unpaired) electrons. The minimum absolute atomic E-state index is 0.0611. The molecule has 5 heteroatoms. The minimum Gasteiger partial charge on any atom is -0.449 e. The number of hydrogen-bond acceptors (Lipinski definition) is 3. The van der Waals surface area contributed by atoms with Crippen LogP contribution in [-0.4, -0.2) is 36.5 Å². The number of allylic oxidation sites excluding steroid dienone is 8. The maximum Gasteiger partial charge on any atom is 0.409 e. The molecule has 0 spiro atoms. The van der Waals surface area contributed by atoms with Gasteiger partial charge in [-0.1, -0.05) is 59.9 Å². The number of ketones is 1. The summed E-state index contributed by atoms with van der Waals surface area (Å²) >= 11 is 6.34. The lowest BCUT2D eigenvalue weighted by Crippen LogP contribution is -2.47. The summed E-state index contributed by atoms with van der Waals surface area (Å²) in [4.78, 5) is 28.5. The zero-order valence-corrected chi connectivity index (χ0v) is 27.7. The number of hydrogen-bond donors (Lipinski definition) is 0. The van der Waals surface area contributed by atoms with Crippen molar-refractivity contribution in [3.63, 3.8) is 0 Å². The van der Waals surface area contributed by atoms with E-state index in [1.165, 1.54) is 22.3 Å². The minimum atomic E-state index is -0.223. The first kappa shape index (κ1) is 32.4. The van der Waals surface area contributed by atoms with Crippen LogP contribution in [0.5, 0.6) is 0 Å². The van der Waals surface area contributed by atoms with Gasteiger partial charge in [0.05, 0.1) is 6.61 Å². The van der Waals surface area contributed by atoms with Crippen LogP contribution in [0.2, 0.25) is 0 Å². The summed E-state index contributed by atoms with van der Waals surface area (Å²) in [5.74, 6) is 7.71. The molecule has 5 rings (SSSR count). The Kier molecular flexibility index (Phi) is 10.9. The first-order valence-electron chi connectivity index (χ1n) is 16.6. The normalized spacial score (nSPS) is 27.8. The fraction of sp³-hybridized carbons (Fsp3) is 0.538. The fourth-order valence-electron chi connectivity index (χ4n) is 7.35. The van der Waals surface area contributed by atoms with Crippen molar-refractivity contribution in [2.24, 2.45) is 29.6 Å². The van der Waals surface area contributed by atoms with Gasteiger partial charge in [0, 0.05) is 29.6 Å². The van der Waals surface area contributed by atoms with E-state index in [1.54, 1.807) is 0 Å². The highest BCUT2D eigenvalue weighted by molar-refractivity contribution is 6.31. The molecule has 0 N–H and O–H groups in total. The van der Waals surface area contributed by atoms with E-state index in [4.69, 9.17) is 16.3 Å². The maximum absolute atomic E-state index is 13.7. The Morgan fingerprint density at radius 2 is 1.95 bits per heavy atom. The molecule has 1 amide bonds. The van der Waals surface area contributed by atoms with Gasteiger partial charge in [-0.3, -0.25) is 4.79 Å². The molecule has 4 aliphatic carbocycles. The average molecular weight is 614 g/mol. The van der Waals surface area contributed by atoms with Crippen LogP contribution in [0.25, 0.3) is 0 Å².